The second kappa shape index (κ2) is 5.46. The molecule has 0 radical (unpaired) electrons. The topological polar surface area (TPSA) is 73.1 Å². The summed E-state index contributed by atoms with van der Waals surface area (Å²) in [5.41, 5.74) is 4.58. The van der Waals surface area contributed by atoms with E-state index in [1.54, 1.807) is 0 Å². The minimum Gasteiger partial charge on any atom is -0.472 e. The molecule has 1 aliphatic carbocycles. The first-order chi connectivity index (χ1) is 9.78. The second-order valence-electron chi connectivity index (χ2n) is 5.05. The van der Waals surface area contributed by atoms with Gasteiger partial charge in [-0.2, -0.15) is 4.98 Å². The molecule has 0 bridgehead atoms. The van der Waals surface area contributed by atoms with Crippen molar-refractivity contribution in [2.75, 3.05) is 5.43 Å². The quantitative estimate of drug-likeness (QED) is 0.645. The van der Waals surface area contributed by atoms with Crippen molar-refractivity contribution in [1.29, 1.82) is 0 Å². The smallest absolute Gasteiger partial charge is 0.222 e. The fourth-order valence-electron chi connectivity index (χ4n) is 2.04. The Morgan fingerprint density at radius 3 is 2.65 bits per heavy atom. The minimum atomic E-state index is 0.460. The molecule has 1 saturated carbocycles. The third-order valence-electron chi connectivity index (χ3n) is 3.42. The zero-order chi connectivity index (χ0) is 13.9. The molecule has 1 heterocycles. The zero-order valence-electron chi connectivity index (χ0n) is 11.5. The number of hydrazine groups is 1. The molecule has 3 rings (SSSR count). The summed E-state index contributed by atoms with van der Waals surface area (Å²) in [5, 5.41) is 0. The van der Waals surface area contributed by atoms with E-state index in [4.69, 9.17) is 10.6 Å². The largest absolute Gasteiger partial charge is 0.472 e. The van der Waals surface area contributed by atoms with Crippen molar-refractivity contribution in [3.05, 3.63) is 47.3 Å². The molecule has 5 heteroatoms. The van der Waals surface area contributed by atoms with Crippen molar-refractivity contribution in [3.63, 3.8) is 0 Å². The summed E-state index contributed by atoms with van der Waals surface area (Å²) in [6.07, 6.45) is 2.29. The van der Waals surface area contributed by atoms with E-state index >= 15 is 0 Å². The van der Waals surface area contributed by atoms with Gasteiger partial charge in [0.05, 0.1) is 5.56 Å². The summed E-state index contributed by atoms with van der Waals surface area (Å²) in [6, 6.07) is 10.0. The lowest BCUT2D eigenvalue weighted by atomic mass is 10.2. The van der Waals surface area contributed by atoms with E-state index in [-0.39, 0.29) is 0 Å². The molecule has 20 heavy (non-hydrogen) atoms. The molecule has 1 aliphatic rings. The Morgan fingerprint density at radius 1 is 1.25 bits per heavy atom. The average molecular weight is 270 g/mol. The standard InChI is InChI=1S/C15H18N4O/c1-10-13(19-16)17-14(12-7-8-12)18-15(10)20-9-11-5-3-2-4-6-11/h2-6,12H,7-9,16H2,1H3,(H,17,18,19). The third kappa shape index (κ3) is 2.72. The van der Waals surface area contributed by atoms with Crippen LogP contribution >= 0.6 is 0 Å². The molecule has 1 fully saturated rings. The number of rotatable bonds is 5. The fraction of sp³-hybridized carbons (Fsp3) is 0.333. The Balaban J connectivity index is 1.82. The molecular formula is C15H18N4O. The predicted octanol–water partition coefficient (Wildman–Crippen LogP) is 2.53. The third-order valence-corrected chi connectivity index (χ3v) is 3.42. The molecule has 1 aromatic carbocycles. The van der Waals surface area contributed by atoms with Gasteiger partial charge in [-0.1, -0.05) is 30.3 Å². The van der Waals surface area contributed by atoms with Crippen LogP contribution in [0.2, 0.25) is 0 Å². The highest BCUT2D eigenvalue weighted by atomic mass is 16.5. The highest BCUT2D eigenvalue weighted by molar-refractivity contribution is 5.48. The van der Waals surface area contributed by atoms with Gasteiger partial charge in [-0.05, 0) is 25.3 Å². The van der Waals surface area contributed by atoms with Gasteiger partial charge in [-0.3, -0.25) is 0 Å². The van der Waals surface area contributed by atoms with Crippen LogP contribution in [0.5, 0.6) is 5.88 Å². The van der Waals surface area contributed by atoms with Gasteiger partial charge in [0, 0.05) is 5.92 Å². The lowest BCUT2D eigenvalue weighted by Gasteiger charge is -2.12. The molecule has 1 aromatic heterocycles. The number of hydrogen-bond acceptors (Lipinski definition) is 5. The Bertz CT molecular complexity index is 596. The molecule has 0 spiro atoms. The Morgan fingerprint density at radius 2 is 2.00 bits per heavy atom. The molecule has 104 valence electrons. The normalized spacial score (nSPS) is 14.1. The number of benzene rings is 1. The van der Waals surface area contributed by atoms with E-state index in [0.29, 0.717) is 24.2 Å². The number of hydrogen-bond donors (Lipinski definition) is 2. The molecule has 0 atom stereocenters. The number of nitrogens with two attached hydrogens (primary N) is 1. The number of nitrogens with one attached hydrogen (secondary N) is 1. The molecule has 5 nitrogen and oxygen atoms in total. The van der Waals surface area contributed by atoms with Crippen molar-refractivity contribution in [3.8, 4) is 5.88 Å². The highest BCUT2D eigenvalue weighted by Crippen LogP contribution is 2.39. The number of nitrogen functional groups attached to an aromatic ring is 1. The maximum absolute atomic E-state index is 5.84. The first-order valence-electron chi connectivity index (χ1n) is 6.80. The molecule has 2 aromatic rings. The maximum atomic E-state index is 5.84. The van der Waals surface area contributed by atoms with Crippen LogP contribution in [0, 0.1) is 6.92 Å². The summed E-state index contributed by atoms with van der Waals surface area (Å²) in [6.45, 7) is 2.40. The van der Waals surface area contributed by atoms with Crippen LogP contribution in [0.4, 0.5) is 5.82 Å². The molecule has 0 amide bonds. The van der Waals surface area contributed by atoms with Crippen LogP contribution in [0.25, 0.3) is 0 Å². The van der Waals surface area contributed by atoms with Crippen LogP contribution in [0.1, 0.15) is 35.7 Å². The van der Waals surface area contributed by atoms with Gasteiger partial charge >= 0.3 is 0 Å². The number of nitrogens with zero attached hydrogens (tertiary/aromatic N) is 2. The van der Waals surface area contributed by atoms with Crippen LogP contribution in [0.15, 0.2) is 30.3 Å². The fourth-order valence-corrected chi connectivity index (χ4v) is 2.04. The monoisotopic (exact) mass is 270 g/mol. The van der Waals surface area contributed by atoms with E-state index in [0.717, 1.165) is 29.8 Å². The van der Waals surface area contributed by atoms with E-state index in [1.807, 2.05) is 37.3 Å². The van der Waals surface area contributed by atoms with Gasteiger partial charge in [-0.25, -0.2) is 10.8 Å². The molecular weight excluding hydrogens is 252 g/mol. The molecule has 0 unspecified atom stereocenters. The van der Waals surface area contributed by atoms with Gasteiger partial charge in [0.15, 0.2) is 0 Å². The SMILES string of the molecule is Cc1c(NN)nc(C2CC2)nc1OCc1ccccc1. The average Bonchev–Trinajstić information content (AvgIpc) is 3.32. The van der Waals surface area contributed by atoms with Crippen LogP contribution < -0.4 is 16.0 Å². The van der Waals surface area contributed by atoms with E-state index in [2.05, 4.69) is 15.4 Å². The van der Waals surface area contributed by atoms with Crippen LogP contribution in [0.3, 0.4) is 0 Å². The number of anilines is 1. The Hall–Kier alpha value is -2.14. The van der Waals surface area contributed by atoms with E-state index in [9.17, 15) is 0 Å². The zero-order valence-corrected chi connectivity index (χ0v) is 11.5. The number of ether oxygens (including phenoxy) is 1. The van der Waals surface area contributed by atoms with Gasteiger partial charge in [0.25, 0.3) is 0 Å². The lowest BCUT2D eigenvalue weighted by molar-refractivity contribution is 0.290. The van der Waals surface area contributed by atoms with Crippen molar-refractivity contribution in [2.24, 2.45) is 5.84 Å². The lowest BCUT2D eigenvalue weighted by Crippen LogP contribution is -2.13. The summed E-state index contributed by atoms with van der Waals surface area (Å²) >= 11 is 0. The van der Waals surface area contributed by atoms with Gasteiger partial charge < -0.3 is 10.2 Å². The highest BCUT2D eigenvalue weighted by Gasteiger charge is 2.28. The van der Waals surface area contributed by atoms with E-state index < -0.39 is 0 Å². The van der Waals surface area contributed by atoms with Crippen molar-refractivity contribution >= 4 is 5.82 Å². The summed E-state index contributed by atoms with van der Waals surface area (Å²) in [7, 11) is 0. The number of aromatic nitrogens is 2. The maximum Gasteiger partial charge on any atom is 0.222 e. The van der Waals surface area contributed by atoms with Gasteiger partial charge in [-0.15, -0.1) is 0 Å². The Kier molecular flexibility index (Phi) is 3.52. The summed E-state index contributed by atoms with van der Waals surface area (Å²) in [4.78, 5) is 8.97. The van der Waals surface area contributed by atoms with Gasteiger partial charge in [0.2, 0.25) is 5.88 Å². The van der Waals surface area contributed by atoms with E-state index in [1.165, 1.54) is 0 Å². The predicted molar refractivity (Wildman–Crippen MR) is 77.3 cm³/mol. The van der Waals surface area contributed by atoms with Crippen LogP contribution in [-0.4, -0.2) is 9.97 Å². The molecule has 0 saturated heterocycles. The summed E-state index contributed by atoms with van der Waals surface area (Å²) < 4.78 is 5.84. The second-order valence-corrected chi connectivity index (χ2v) is 5.05. The minimum absolute atomic E-state index is 0.460. The first-order valence-corrected chi connectivity index (χ1v) is 6.80. The Labute approximate surface area is 118 Å². The van der Waals surface area contributed by atoms with Crippen molar-refractivity contribution in [1.82, 2.24) is 9.97 Å². The van der Waals surface area contributed by atoms with Crippen molar-refractivity contribution < 1.29 is 4.74 Å². The van der Waals surface area contributed by atoms with Crippen molar-refractivity contribution in [2.45, 2.75) is 32.3 Å². The van der Waals surface area contributed by atoms with Crippen LogP contribution in [-0.2, 0) is 6.61 Å². The molecule has 0 aliphatic heterocycles. The first kappa shape index (κ1) is 12.9. The van der Waals surface area contributed by atoms with Gasteiger partial charge in [0.1, 0.15) is 18.2 Å². The molecule has 3 N–H and O–H groups in total. The summed E-state index contributed by atoms with van der Waals surface area (Å²) in [5.74, 6) is 8.06.